The summed E-state index contributed by atoms with van der Waals surface area (Å²) in [6.45, 7) is 9.92. The van der Waals surface area contributed by atoms with E-state index in [-0.39, 0.29) is 11.7 Å². The standard InChI is InChI=1S/C19H27F2NO5/c1-11(2)25-14-9-7-8-13(10-14)15(16(20)21)26-17(23)12(3)22-18(24)27-19(4,5)6/h7-12,15-16H,1-6H3,(H,22,24)/t12-,15-/m1/s1. The minimum Gasteiger partial charge on any atom is -0.491 e. The van der Waals surface area contributed by atoms with Gasteiger partial charge in [0.05, 0.1) is 6.10 Å². The molecule has 1 rings (SSSR count). The summed E-state index contributed by atoms with van der Waals surface area (Å²) in [6, 6.07) is 4.83. The summed E-state index contributed by atoms with van der Waals surface area (Å²) in [7, 11) is 0. The first-order chi connectivity index (χ1) is 12.4. The number of carbonyl (C=O) groups is 2. The lowest BCUT2D eigenvalue weighted by Crippen LogP contribution is -2.43. The lowest BCUT2D eigenvalue weighted by Gasteiger charge is -2.23. The number of hydrogen-bond donors (Lipinski definition) is 1. The second-order valence-corrected chi connectivity index (χ2v) is 7.30. The first-order valence-electron chi connectivity index (χ1n) is 8.64. The Labute approximate surface area is 158 Å². The molecule has 152 valence electrons. The Balaban J connectivity index is 2.82. The second-order valence-electron chi connectivity index (χ2n) is 7.30. The number of halogens is 2. The van der Waals surface area contributed by atoms with E-state index in [1.807, 2.05) is 0 Å². The lowest BCUT2D eigenvalue weighted by molar-refractivity contribution is -0.160. The van der Waals surface area contributed by atoms with Crippen molar-refractivity contribution in [1.29, 1.82) is 0 Å². The molecule has 8 heteroatoms. The van der Waals surface area contributed by atoms with Crippen molar-refractivity contribution in [1.82, 2.24) is 5.32 Å². The van der Waals surface area contributed by atoms with Crippen LogP contribution < -0.4 is 10.1 Å². The van der Waals surface area contributed by atoms with Crippen molar-refractivity contribution < 1.29 is 32.6 Å². The predicted molar refractivity (Wildman–Crippen MR) is 95.9 cm³/mol. The fraction of sp³-hybridized carbons (Fsp3) is 0.579. The Hall–Kier alpha value is -2.38. The van der Waals surface area contributed by atoms with Crippen LogP contribution in [0.15, 0.2) is 24.3 Å². The Kier molecular flexibility index (Phi) is 7.99. The van der Waals surface area contributed by atoms with Crippen LogP contribution >= 0.6 is 0 Å². The van der Waals surface area contributed by atoms with Gasteiger partial charge in [-0.15, -0.1) is 0 Å². The summed E-state index contributed by atoms with van der Waals surface area (Å²) in [5.74, 6) is -0.606. The normalized spacial score (nSPS) is 13.9. The van der Waals surface area contributed by atoms with Crippen molar-refractivity contribution in [3.63, 3.8) is 0 Å². The number of amides is 1. The Morgan fingerprint density at radius 1 is 1.11 bits per heavy atom. The van der Waals surface area contributed by atoms with Crippen molar-refractivity contribution in [3.05, 3.63) is 29.8 Å². The molecular formula is C19H27F2NO5. The molecule has 0 aliphatic carbocycles. The van der Waals surface area contributed by atoms with Crippen LogP contribution in [-0.2, 0) is 14.3 Å². The number of hydrogen-bond acceptors (Lipinski definition) is 5. The van der Waals surface area contributed by atoms with Gasteiger partial charge in [0.25, 0.3) is 6.43 Å². The maximum atomic E-state index is 13.5. The van der Waals surface area contributed by atoms with E-state index in [1.54, 1.807) is 46.8 Å². The monoisotopic (exact) mass is 387 g/mol. The molecule has 0 heterocycles. The minimum absolute atomic E-state index is 0.0981. The average molecular weight is 387 g/mol. The maximum absolute atomic E-state index is 13.5. The number of benzene rings is 1. The van der Waals surface area contributed by atoms with Crippen molar-refractivity contribution in [2.24, 2.45) is 0 Å². The Morgan fingerprint density at radius 2 is 1.74 bits per heavy atom. The van der Waals surface area contributed by atoms with Gasteiger partial charge in [-0.3, -0.25) is 0 Å². The quantitative estimate of drug-likeness (QED) is 0.709. The zero-order valence-corrected chi connectivity index (χ0v) is 16.4. The summed E-state index contributed by atoms with van der Waals surface area (Å²) >= 11 is 0. The lowest BCUT2D eigenvalue weighted by atomic mass is 10.1. The summed E-state index contributed by atoms with van der Waals surface area (Å²) in [4.78, 5) is 23.8. The van der Waals surface area contributed by atoms with Gasteiger partial charge in [-0.1, -0.05) is 12.1 Å². The van der Waals surface area contributed by atoms with Gasteiger partial charge in [-0.05, 0) is 53.7 Å². The first-order valence-corrected chi connectivity index (χ1v) is 8.64. The number of ether oxygens (including phenoxy) is 3. The Morgan fingerprint density at radius 3 is 2.26 bits per heavy atom. The molecule has 0 unspecified atom stereocenters. The van der Waals surface area contributed by atoms with Gasteiger partial charge < -0.3 is 19.5 Å². The number of esters is 1. The topological polar surface area (TPSA) is 73.9 Å². The van der Waals surface area contributed by atoms with Crippen molar-refractivity contribution in [2.45, 2.75) is 71.8 Å². The molecule has 0 fully saturated rings. The van der Waals surface area contributed by atoms with Gasteiger partial charge in [-0.2, -0.15) is 0 Å². The summed E-state index contributed by atoms with van der Waals surface area (Å²) in [5, 5.41) is 2.26. The average Bonchev–Trinajstić information content (AvgIpc) is 2.49. The second kappa shape index (κ2) is 9.53. The maximum Gasteiger partial charge on any atom is 0.408 e. The molecule has 0 saturated carbocycles. The molecule has 2 atom stereocenters. The van der Waals surface area contributed by atoms with Crippen LogP contribution in [0.2, 0.25) is 0 Å². The van der Waals surface area contributed by atoms with Gasteiger partial charge in [0, 0.05) is 5.56 Å². The number of rotatable bonds is 7. The van der Waals surface area contributed by atoms with E-state index in [9.17, 15) is 18.4 Å². The number of nitrogens with one attached hydrogen (secondary N) is 1. The van der Waals surface area contributed by atoms with Crippen LogP contribution in [0, 0.1) is 0 Å². The van der Waals surface area contributed by atoms with Crippen molar-refractivity contribution in [3.8, 4) is 5.75 Å². The van der Waals surface area contributed by atoms with Crippen LogP contribution in [0.5, 0.6) is 5.75 Å². The molecule has 1 N–H and O–H groups in total. The molecule has 0 bridgehead atoms. The summed E-state index contributed by atoms with van der Waals surface area (Å²) < 4.78 is 42.4. The number of alkyl halides is 2. The van der Waals surface area contributed by atoms with Crippen molar-refractivity contribution in [2.75, 3.05) is 0 Å². The molecule has 0 spiro atoms. The molecule has 6 nitrogen and oxygen atoms in total. The van der Waals surface area contributed by atoms with Crippen molar-refractivity contribution >= 4 is 12.1 Å². The summed E-state index contributed by atoms with van der Waals surface area (Å²) in [5.41, 5.74) is -0.656. The zero-order chi connectivity index (χ0) is 20.8. The molecule has 27 heavy (non-hydrogen) atoms. The molecule has 0 saturated heterocycles. The van der Waals surface area contributed by atoms with E-state index in [0.717, 1.165) is 0 Å². The Bertz CT molecular complexity index is 643. The molecular weight excluding hydrogens is 360 g/mol. The number of carbonyl (C=O) groups excluding carboxylic acids is 2. The van der Waals surface area contributed by atoms with Gasteiger partial charge in [-0.25, -0.2) is 18.4 Å². The molecule has 0 aliphatic rings. The fourth-order valence-corrected chi connectivity index (χ4v) is 2.07. The zero-order valence-electron chi connectivity index (χ0n) is 16.4. The molecule has 0 radical (unpaired) electrons. The predicted octanol–water partition coefficient (Wildman–Crippen LogP) is 4.24. The highest BCUT2D eigenvalue weighted by molar-refractivity contribution is 5.81. The molecule has 1 aromatic carbocycles. The van der Waals surface area contributed by atoms with E-state index in [0.29, 0.717) is 5.75 Å². The molecule has 0 aromatic heterocycles. The highest BCUT2D eigenvalue weighted by atomic mass is 19.3. The van der Waals surface area contributed by atoms with Crippen LogP contribution in [0.3, 0.4) is 0 Å². The third-order valence-corrected chi connectivity index (χ3v) is 3.12. The van der Waals surface area contributed by atoms with E-state index in [1.165, 1.54) is 19.1 Å². The van der Waals surface area contributed by atoms with Crippen LogP contribution in [-0.4, -0.2) is 36.2 Å². The first kappa shape index (κ1) is 22.7. The SMILES string of the molecule is CC(C)Oc1cccc([C@@H](OC(=O)[C@@H](C)NC(=O)OC(C)(C)C)C(F)F)c1. The highest BCUT2D eigenvalue weighted by Gasteiger charge is 2.30. The largest absolute Gasteiger partial charge is 0.491 e. The molecule has 0 aliphatic heterocycles. The molecule has 1 aromatic rings. The highest BCUT2D eigenvalue weighted by Crippen LogP contribution is 2.28. The van der Waals surface area contributed by atoms with Gasteiger partial charge in [0.1, 0.15) is 17.4 Å². The van der Waals surface area contributed by atoms with E-state index >= 15 is 0 Å². The van der Waals surface area contributed by atoms with Crippen LogP contribution in [0.1, 0.15) is 53.2 Å². The van der Waals surface area contributed by atoms with E-state index < -0.39 is 36.2 Å². The van der Waals surface area contributed by atoms with Gasteiger partial charge in [0.15, 0.2) is 6.10 Å². The third-order valence-electron chi connectivity index (χ3n) is 3.12. The minimum atomic E-state index is -2.95. The fourth-order valence-electron chi connectivity index (χ4n) is 2.07. The van der Waals surface area contributed by atoms with E-state index in [2.05, 4.69) is 5.32 Å². The van der Waals surface area contributed by atoms with Crippen LogP contribution in [0.4, 0.5) is 13.6 Å². The third kappa shape index (κ3) is 8.23. The van der Waals surface area contributed by atoms with Crippen LogP contribution in [0.25, 0.3) is 0 Å². The molecule has 1 amide bonds. The summed E-state index contributed by atoms with van der Waals surface area (Å²) in [6.07, 6.45) is -5.70. The van der Waals surface area contributed by atoms with Gasteiger partial charge in [0.2, 0.25) is 0 Å². The smallest absolute Gasteiger partial charge is 0.408 e. The number of alkyl carbamates (subject to hydrolysis) is 1. The van der Waals surface area contributed by atoms with E-state index in [4.69, 9.17) is 14.2 Å². The van der Waals surface area contributed by atoms with Gasteiger partial charge >= 0.3 is 12.1 Å².